The fourth-order valence-electron chi connectivity index (χ4n) is 4.11. The van der Waals surface area contributed by atoms with Crippen LogP contribution in [0.3, 0.4) is 0 Å². The lowest BCUT2D eigenvalue weighted by atomic mass is 10.1. The van der Waals surface area contributed by atoms with Crippen molar-refractivity contribution in [1.29, 1.82) is 0 Å². The van der Waals surface area contributed by atoms with Crippen molar-refractivity contribution in [3.63, 3.8) is 0 Å². The molecule has 2 heterocycles. The average molecular weight is 487 g/mol. The molecule has 1 fully saturated rings. The number of fused-ring (bicyclic) bond motifs is 1. The second kappa shape index (κ2) is 9.73. The van der Waals surface area contributed by atoms with Crippen LogP contribution in [-0.2, 0) is 16.6 Å². The first-order chi connectivity index (χ1) is 16.2. The zero-order valence-corrected chi connectivity index (χ0v) is 20.5. The molecular weight excluding hydrogens is 456 g/mol. The first kappa shape index (κ1) is 24.2. The molecule has 4 rings (SSSR count). The minimum atomic E-state index is -3.65. The highest BCUT2D eigenvalue weighted by Crippen LogP contribution is 2.24. The van der Waals surface area contributed by atoms with Crippen LogP contribution in [0.2, 0.25) is 0 Å². The molecule has 1 saturated heterocycles. The maximum atomic E-state index is 13.1. The Morgan fingerprint density at radius 3 is 2.53 bits per heavy atom. The van der Waals surface area contributed by atoms with Gasteiger partial charge in [0.15, 0.2) is 5.58 Å². The highest BCUT2D eigenvalue weighted by Gasteiger charge is 2.27. The van der Waals surface area contributed by atoms with Crippen molar-refractivity contribution in [3.05, 3.63) is 58.1 Å². The molecule has 1 aliphatic heterocycles. The summed E-state index contributed by atoms with van der Waals surface area (Å²) in [6.45, 7) is 3.87. The maximum absolute atomic E-state index is 13.1. The summed E-state index contributed by atoms with van der Waals surface area (Å²) in [6.07, 6.45) is 2.71. The number of nitrogens with one attached hydrogen (secondary N) is 1. The molecule has 0 saturated carbocycles. The summed E-state index contributed by atoms with van der Waals surface area (Å²) in [4.78, 5) is 27.4. The lowest BCUT2D eigenvalue weighted by Crippen LogP contribution is -2.35. The minimum absolute atomic E-state index is 0.118. The zero-order chi connectivity index (χ0) is 24.5. The van der Waals surface area contributed by atoms with Crippen molar-refractivity contribution in [3.8, 4) is 0 Å². The zero-order valence-electron chi connectivity index (χ0n) is 19.7. The Labute approximate surface area is 199 Å². The van der Waals surface area contributed by atoms with Gasteiger partial charge in [0.05, 0.1) is 10.4 Å². The molecule has 1 N–H and O–H groups in total. The van der Waals surface area contributed by atoms with Gasteiger partial charge in [-0.15, -0.1) is 0 Å². The first-order valence-corrected chi connectivity index (χ1v) is 12.8. The number of oxazole rings is 1. The summed E-state index contributed by atoms with van der Waals surface area (Å²) in [5, 5.41) is 2.84. The predicted octanol–water partition coefficient (Wildman–Crippen LogP) is 2.89. The molecule has 1 amide bonds. The lowest BCUT2D eigenvalue weighted by molar-refractivity contribution is 0.102. The monoisotopic (exact) mass is 486 g/mol. The Bertz CT molecular complexity index is 1370. The van der Waals surface area contributed by atoms with Gasteiger partial charge in [0, 0.05) is 37.4 Å². The molecule has 0 unspecified atom stereocenters. The fraction of sp³-hybridized carbons (Fsp3) is 0.417. The van der Waals surface area contributed by atoms with E-state index in [4.69, 9.17) is 4.42 Å². The molecule has 2 aromatic carbocycles. The number of aromatic nitrogens is 1. The molecule has 0 radical (unpaired) electrons. The molecule has 0 aliphatic carbocycles. The largest absolute Gasteiger partial charge is 0.419 e. The van der Waals surface area contributed by atoms with Gasteiger partial charge in [0.1, 0.15) is 0 Å². The quantitative estimate of drug-likeness (QED) is 0.551. The number of rotatable bonds is 7. The van der Waals surface area contributed by atoms with Crippen molar-refractivity contribution in [2.75, 3.05) is 39.0 Å². The second-order valence-corrected chi connectivity index (χ2v) is 10.8. The van der Waals surface area contributed by atoms with Gasteiger partial charge in [-0.1, -0.05) is 12.5 Å². The normalized spacial score (nSPS) is 15.2. The van der Waals surface area contributed by atoms with E-state index in [1.54, 1.807) is 37.3 Å². The molecule has 1 aromatic heterocycles. The summed E-state index contributed by atoms with van der Waals surface area (Å²) >= 11 is 0. The Kier molecular flexibility index (Phi) is 6.92. The van der Waals surface area contributed by atoms with E-state index in [0.29, 0.717) is 48.5 Å². The number of nitrogens with zero attached hydrogens (tertiary/aromatic N) is 3. The van der Waals surface area contributed by atoms with Gasteiger partial charge in [-0.25, -0.2) is 13.2 Å². The number of sulfonamides is 1. The van der Waals surface area contributed by atoms with E-state index >= 15 is 0 Å². The summed E-state index contributed by atoms with van der Waals surface area (Å²) in [5.74, 6) is -0.870. The molecule has 34 heavy (non-hydrogen) atoms. The fourth-order valence-corrected chi connectivity index (χ4v) is 5.65. The SMILES string of the molecule is Cc1ccc(S(=O)(=O)N2CCCCC2)cc1C(=O)Nc1ccc2oc(=O)n(CCN(C)C)c2c1. The molecule has 0 atom stereocenters. The molecule has 182 valence electrons. The average Bonchev–Trinajstić information content (AvgIpc) is 3.12. The summed E-state index contributed by atoms with van der Waals surface area (Å²) < 4.78 is 34.5. The van der Waals surface area contributed by atoms with Gasteiger partial charge in [-0.05, 0) is 69.8 Å². The van der Waals surface area contributed by atoms with Gasteiger partial charge in [-0.3, -0.25) is 9.36 Å². The van der Waals surface area contributed by atoms with Crippen molar-refractivity contribution in [2.45, 2.75) is 37.6 Å². The van der Waals surface area contributed by atoms with Crippen LogP contribution in [0.15, 0.2) is 50.5 Å². The van der Waals surface area contributed by atoms with Crippen LogP contribution in [0.4, 0.5) is 5.69 Å². The Balaban J connectivity index is 1.60. The third-order valence-electron chi connectivity index (χ3n) is 6.10. The Morgan fingerprint density at radius 1 is 1.09 bits per heavy atom. The van der Waals surface area contributed by atoms with Crippen LogP contribution >= 0.6 is 0 Å². The number of aryl methyl sites for hydroxylation is 1. The molecule has 0 spiro atoms. The van der Waals surface area contributed by atoms with Crippen molar-refractivity contribution in [1.82, 2.24) is 13.8 Å². The van der Waals surface area contributed by atoms with E-state index in [1.807, 2.05) is 19.0 Å². The maximum Gasteiger partial charge on any atom is 0.419 e. The topological polar surface area (TPSA) is 105 Å². The number of carbonyl (C=O) groups excluding carboxylic acids is 1. The van der Waals surface area contributed by atoms with Gasteiger partial charge >= 0.3 is 5.76 Å². The van der Waals surface area contributed by atoms with E-state index in [2.05, 4.69) is 5.32 Å². The van der Waals surface area contributed by atoms with Crippen LogP contribution in [0.25, 0.3) is 11.1 Å². The third kappa shape index (κ3) is 4.94. The van der Waals surface area contributed by atoms with Crippen LogP contribution < -0.4 is 11.1 Å². The van der Waals surface area contributed by atoms with Gasteiger partial charge in [0.2, 0.25) is 10.0 Å². The van der Waals surface area contributed by atoms with Gasteiger partial charge < -0.3 is 14.6 Å². The third-order valence-corrected chi connectivity index (χ3v) is 8.00. The van der Waals surface area contributed by atoms with E-state index in [-0.39, 0.29) is 10.5 Å². The van der Waals surface area contributed by atoms with E-state index in [0.717, 1.165) is 19.3 Å². The number of amides is 1. The first-order valence-electron chi connectivity index (χ1n) is 11.4. The second-order valence-electron chi connectivity index (χ2n) is 8.90. The standard InChI is InChI=1S/C24H30N4O5S/c1-17-7-9-19(34(31,32)27-11-5-4-6-12-27)16-20(17)23(29)25-18-8-10-22-21(15-18)28(24(30)33-22)14-13-26(2)3/h7-10,15-16H,4-6,11-14H2,1-3H3,(H,25,29). The summed E-state index contributed by atoms with van der Waals surface area (Å²) in [7, 11) is 0.181. The number of hydrogen-bond acceptors (Lipinski definition) is 6. The Morgan fingerprint density at radius 2 is 1.82 bits per heavy atom. The number of likely N-dealkylation sites (N-methyl/N-ethyl adjacent to an activating group) is 1. The summed E-state index contributed by atoms with van der Waals surface area (Å²) in [5.41, 5.74) is 2.47. The Hall–Kier alpha value is -2.95. The number of hydrogen-bond donors (Lipinski definition) is 1. The van der Waals surface area contributed by atoms with Crippen LogP contribution in [0.1, 0.15) is 35.2 Å². The highest BCUT2D eigenvalue weighted by atomic mass is 32.2. The predicted molar refractivity (Wildman–Crippen MR) is 131 cm³/mol. The van der Waals surface area contributed by atoms with Crippen LogP contribution in [0, 0.1) is 6.92 Å². The van der Waals surface area contributed by atoms with Crippen LogP contribution in [-0.4, -0.2) is 61.8 Å². The van der Waals surface area contributed by atoms with Gasteiger partial charge in [0.25, 0.3) is 5.91 Å². The molecule has 10 heteroatoms. The number of carbonyl (C=O) groups is 1. The number of benzene rings is 2. The van der Waals surface area contributed by atoms with E-state index in [1.165, 1.54) is 14.9 Å². The van der Waals surface area contributed by atoms with Crippen LogP contribution in [0.5, 0.6) is 0 Å². The number of anilines is 1. The summed E-state index contributed by atoms with van der Waals surface area (Å²) in [6, 6.07) is 9.64. The van der Waals surface area contributed by atoms with E-state index < -0.39 is 21.7 Å². The van der Waals surface area contributed by atoms with Crippen molar-refractivity contribution < 1.29 is 17.6 Å². The molecule has 3 aromatic rings. The molecular formula is C24H30N4O5S. The highest BCUT2D eigenvalue weighted by molar-refractivity contribution is 7.89. The smallest absolute Gasteiger partial charge is 0.408 e. The molecule has 0 bridgehead atoms. The number of piperidine rings is 1. The van der Waals surface area contributed by atoms with E-state index in [9.17, 15) is 18.0 Å². The van der Waals surface area contributed by atoms with Crippen molar-refractivity contribution in [2.24, 2.45) is 0 Å². The van der Waals surface area contributed by atoms with Crippen molar-refractivity contribution >= 4 is 32.7 Å². The molecule has 1 aliphatic rings. The lowest BCUT2D eigenvalue weighted by Gasteiger charge is -2.26. The van der Waals surface area contributed by atoms with Gasteiger partial charge in [-0.2, -0.15) is 4.31 Å². The minimum Gasteiger partial charge on any atom is -0.408 e. The molecule has 9 nitrogen and oxygen atoms in total.